The SMILES string of the molecule is CCCc1c(N)n[nH]c1-c1ccsc1. The smallest absolute Gasteiger partial charge is 0.149 e. The Bertz CT molecular complexity index is 403. The Labute approximate surface area is 87.0 Å². The molecule has 0 aliphatic carbocycles. The van der Waals surface area contributed by atoms with Crippen LogP contribution < -0.4 is 5.73 Å². The highest BCUT2D eigenvalue weighted by Gasteiger charge is 2.11. The van der Waals surface area contributed by atoms with Gasteiger partial charge in [0.1, 0.15) is 5.82 Å². The van der Waals surface area contributed by atoms with Crippen LogP contribution in [-0.2, 0) is 6.42 Å². The molecule has 0 unspecified atom stereocenters. The standard InChI is InChI=1S/C10H13N3S/c1-2-3-8-9(12-13-10(8)11)7-4-5-14-6-7/h4-6H,2-3H2,1H3,(H3,11,12,13). The summed E-state index contributed by atoms with van der Waals surface area (Å²) in [5.74, 6) is 0.632. The van der Waals surface area contributed by atoms with Gasteiger partial charge in [-0.1, -0.05) is 13.3 Å². The lowest BCUT2D eigenvalue weighted by atomic mass is 10.1. The maximum Gasteiger partial charge on any atom is 0.149 e. The van der Waals surface area contributed by atoms with E-state index in [0.717, 1.165) is 24.1 Å². The van der Waals surface area contributed by atoms with Crippen LogP contribution >= 0.6 is 11.3 Å². The van der Waals surface area contributed by atoms with Crippen LogP contribution in [-0.4, -0.2) is 10.2 Å². The number of hydrogen-bond acceptors (Lipinski definition) is 3. The third-order valence-corrected chi connectivity index (χ3v) is 2.89. The zero-order chi connectivity index (χ0) is 9.97. The number of rotatable bonds is 3. The van der Waals surface area contributed by atoms with E-state index in [1.54, 1.807) is 11.3 Å². The van der Waals surface area contributed by atoms with Crippen molar-refractivity contribution < 1.29 is 0 Å². The first-order valence-corrected chi connectivity index (χ1v) is 5.62. The van der Waals surface area contributed by atoms with Crippen molar-refractivity contribution in [2.45, 2.75) is 19.8 Å². The normalized spacial score (nSPS) is 10.6. The maximum absolute atomic E-state index is 5.79. The minimum atomic E-state index is 0.632. The molecule has 0 aliphatic heterocycles. The molecule has 0 aromatic carbocycles. The van der Waals surface area contributed by atoms with Gasteiger partial charge in [-0.2, -0.15) is 16.4 Å². The predicted octanol–water partition coefficient (Wildman–Crippen LogP) is 2.67. The van der Waals surface area contributed by atoms with E-state index in [4.69, 9.17) is 5.73 Å². The molecule has 2 heterocycles. The van der Waals surface area contributed by atoms with Crippen molar-refractivity contribution in [3.63, 3.8) is 0 Å². The quantitative estimate of drug-likeness (QED) is 0.813. The van der Waals surface area contributed by atoms with Crippen molar-refractivity contribution in [3.8, 4) is 11.3 Å². The van der Waals surface area contributed by atoms with Crippen LogP contribution in [0.25, 0.3) is 11.3 Å². The van der Waals surface area contributed by atoms with Crippen LogP contribution in [0.5, 0.6) is 0 Å². The first-order chi connectivity index (χ1) is 6.83. The Morgan fingerprint density at radius 2 is 2.43 bits per heavy atom. The van der Waals surface area contributed by atoms with E-state index in [2.05, 4.69) is 33.9 Å². The van der Waals surface area contributed by atoms with Gasteiger partial charge < -0.3 is 5.73 Å². The van der Waals surface area contributed by atoms with Crippen molar-refractivity contribution in [1.29, 1.82) is 0 Å². The summed E-state index contributed by atoms with van der Waals surface area (Å²) in [7, 11) is 0. The van der Waals surface area contributed by atoms with Gasteiger partial charge in [0, 0.05) is 16.5 Å². The summed E-state index contributed by atoms with van der Waals surface area (Å²) < 4.78 is 0. The van der Waals surface area contributed by atoms with Gasteiger partial charge in [-0.3, -0.25) is 5.10 Å². The molecule has 0 saturated heterocycles. The monoisotopic (exact) mass is 207 g/mol. The predicted molar refractivity (Wildman–Crippen MR) is 60.3 cm³/mol. The minimum Gasteiger partial charge on any atom is -0.382 e. The molecule has 4 heteroatoms. The molecule has 2 rings (SSSR count). The molecule has 0 aliphatic rings. The second-order valence-corrected chi connectivity index (χ2v) is 4.00. The average Bonchev–Trinajstić information content (AvgIpc) is 2.77. The van der Waals surface area contributed by atoms with E-state index < -0.39 is 0 Å². The number of thiophene rings is 1. The van der Waals surface area contributed by atoms with Gasteiger partial charge in [-0.05, 0) is 17.9 Å². The summed E-state index contributed by atoms with van der Waals surface area (Å²) >= 11 is 1.68. The number of aromatic nitrogens is 2. The van der Waals surface area contributed by atoms with E-state index in [1.807, 2.05) is 0 Å². The molecular formula is C10H13N3S. The molecule has 3 nitrogen and oxygen atoms in total. The van der Waals surface area contributed by atoms with Gasteiger partial charge >= 0.3 is 0 Å². The highest BCUT2D eigenvalue weighted by Crippen LogP contribution is 2.27. The first kappa shape index (κ1) is 9.27. The van der Waals surface area contributed by atoms with Gasteiger partial charge in [0.2, 0.25) is 0 Å². The summed E-state index contributed by atoms with van der Waals surface area (Å²) in [6.45, 7) is 2.14. The topological polar surface area (TPSA) is 54.7 Å². The molecule has 2 aromatic rings. The van der Waals surface area contributed by atoms with Crippen molar-refractivity contribution >= 4 is 17.2 Å². The Kier molecular flexibility index (Phi) is 2.54. The van der Waals surface area contributed by atoms with Crippen molar-refractivity contribution in [2.75, 3.05) is 5.73 Å². The van der Waals surface area contributed by atoms with Gasteiger partial charge in [0.05, 0.1) is 5.69 Å². The first-order valence-electron chi connectivity index (χ1n) is 4.68. The van der Waals surface area contributed by atoms with Gasteiger partial charge in [-0.25, -0.2) is 0 Å². The highest BCUT2D eigenvalue weighted by molar-refractivity contribution is 7.08. The Balaban J connectivity index is 2.43. The molecule has 74 valence electrons. The number of hydrogen-bond donors (Lipinski definition) is 2. The summed E-state index contributed by atoms with van der Waals surface area (Å²) in [6.07, 6.45) is 2.06. The lowest BCUT2D eigenvalue weighted by molar-refractivity contribution is 0.927. The summed E-state index contributed by atoms with van der Waals surface area (Å²) in [4.78, 5) is 0. The van der Waals surface area contributed by atoms with E-state index in [9.17, 15) is 0 Å². The second-order valence-electron chi connectivity index (χ2n) is 3.22. The Hall–Kier alpha value is -1.29. The lowest BCUT2D eigenvalue weighted by Gasteiger charge is -1.99. The van der Waals surface area contributed by atoms with Crippen molar-refractivity contribution in [1.82, 2.24) is 10.2 Å². The number of nitrogens with zero attached hydrogens (tertiary/aromatic N) is 1. The Morgan fingerprint density at radius 1 is 1.57 bits per heavy atom. The van der Waals surface area contributed by atoms with Crippen LogP contribution in [0.1, 0.15) is 18.9 Å². The molecule has 0 spiro atoms. The molecule has 0 atom stereocenters. The van der Waals surface area contributed by atoms with Crippen LogP contribution in [0.15, 0.2) is 16.8 Å². The fraction of sp³-hybridized carbons (Fsp3) is 0.300. The average molecular weight is 207 g/mol. The molecule has 0 radical (unpaired) electrons. The van der Waals surface area contributed by atoms with E-state index in [1.165, 1.54) is 5.56 Å². The number of nitrogen functional groups attached to an aromatic ring is 1. The third-order valence-electron chi connectivity index (χ3n) is 2.21. The fourth-order valence-corrected chi connectivity index (χ4v) is 2.17. The van der Waals surface area contributed by atoms with E-state index >= 15 is 0 Å². The van der Waals surface area contributed by atoms with E-state index in [-0.39, 0.29) is 0 Å². The third kappa shape index (κ3) is 1.53. The van der Waals surface area contributed by atoms with Gasteiger partial charge in [0.25, 0.3) is 0 Å². The Morgan fingerprint density at radius 3 is 3.07 bits per heavy atom. The number of aromatic amines is 1. The van der Waals surface area contributed by atoms with Crippen LogP contribution in [0, 0.1) is 0 Å². The van der Waals surface area contributed by atoms with E-state index in [0.29, 0.717) is 5.82 Å². The largest absolute Gasteiger partial charge is 0.382 e. The molecule has 3 N–H and O–H groups in total. The number of nitrogens with two attached hydrogens (primary N) is 1. The van der Waals surface area contributed by atoms with Crippen LogP contribution in [0.2, 0.25) is 0 Å². The number of nitrogens with one attached hydrogen (secondary N) is 1. The fourth-order valence-electron chi connectivity index (χ4n) is 1.53. The molecule has 0 amide bonds. The minimum absolute atomic E-state index is 0.632. The summed E-state index contributed by atoms with van der Waals surface area (Å²) in [6, 6.07) is 2.08. The molecule has 0 saturated carbocycles. The van der Waals surface area contributed by atoms with Crippen LogP contribution in [0.3, 0.4) is 0 Å². The van der Waals surface area contributed by atoms with Gasteiger partial charge in [-0.15, -0.1) is 0 Å². The molecular weight excluding hydrogens is 194 g/mol. The van der Waals surface area contributed by atoms with Crippen molar-refractivity contribution in [3.05, 3.63) is 22.4 Å². The molecule has 0 bridgehead atoms. The highest BCUT2D eigenvalue weighted by atomic mass is 32.1. The maximum atomic E-state index is 5.79. The molecule has 0 fully saturated rings. The molecule has 14 heavy (non-hydrogen) atoms. The second kappa shape index (κ2) is 3.84. The number of anilines is 1. The zero-order valence-electron chi connectivity index (χ0n) is 8.08. The number of H-pyrrole nitrogens is 1. The lowest BCUT2D eigenvalue weighted by Crippen LogP contribution is -1.92. The van der Waals surface area contributed by atoms with Crippen LogP contribution in [0.4, 0.5) is 5.82 Å². The summed E-state index contributed by atoms with van der Waals surface area (Å²) in [5.41, 5.74) is 9.20. The molecule has 2 aromatic heterocycles. The zero-order valence-corrected chi connectivity index (χ0v) is 8.90. The van der Waals surface area contributed by atoms with Crippen molar-refractivity contribution in [2.24, 2.45) is 0 Å². The summed E-state index contributed by atoms with van der Waals surface area (Å²) in [5, 5.41) is 11.2. The van der Waals surface area contributed by atoms with Gasteiger partial charge in [0.15, 0.2) is 0 Å².